The minimum absolute atomic E-state index is 0.0463. The maximum atomic E-state index is 12.6. The van der Waals surface area contributed by atoms with Gasteiger partial charge in [0.15, 0.2) is 11.2 Å². The SMILES string of the molecule is CC(O)C(=O)OCCOCCNC(=O)CCC(NC(=O)c1ccc(NCc2cnc3nc(N)[nH]c(=O)c3n2)cc1)C(=O)O. The van der Waals surface area contributed by atoms with Crippen LogP contribution < -0.4 is 27.2 Å². The molecule has 0 spiro atoms. The van der Waals surface area contributed by atoms with E-state index in [1.165, 1.54) is 25.3 Å². The highest BCUT2D eigenvalue weighted by molar-refractivity contribution is 5.97. The van der Waals surface area contributed by atoms with Gasteiger partial charge in [0.05, 0.1) is 31.6 Å². The molecule has 2 amide bonds. The molecule has 2 aromatic heterocycles. The average molecular weight is 601 g/mol. The normalized spacial score (nSPS) is 12.2. The van der Waals surface area contributed by atoms with Crippen LogP contribution in [0.25, 0.3) is 11.2 Å². The third-order valence-electron chi connectivity index (χ3n) is 5.75. The van der Waals surface area contributed by atoms with E-state index in [9.17, 15) is 29.1 Å². The number of carboxylic acids is 1. The molecule has 0 aliphatic rings. The molecule has 2 heterocycles. The second kappa shape index (κ2) is 15.7. The van der Waals surface area contributed by atoms with Crippen molar-refractivity contribution < 1.29 is 38.9 Å². The molecule has 0 saturated carbocycles. The van der Waals surface area contributed by atoms with Crippen LogP contribution in [-0.2, 0) is 30.4 Å². The van der Waals surface area contributed by atoms with Gasteiger partial charge in [0.25, 0.3) is 11.5 Å². The van der Waals surface area contributed by atoms with Gasteiger partial charge in [-0.1, -0.05) is 0 Å². The third-order valence-corrected chi connectivity index (χ3v) is 5.75. The summed E-state index contributed by atoms with van der Waals surface area (Å²) >= 11 is 0. The first-order chi connectivity index (χ1) is 20.5. The van der Waals surface area contributed by atoms with Gasteiger partial charge in [-0.05, 0) is 37.6 Å². The van der Waals surface area contributed by atoms with Crippen LogP contribution in [0.3, 0.4) is 0 Å². The highest BCUT2D eigenvalue weighted by atomic mass is 16.6. The Balaban J connectivity index is 1.40. The van der Waals surface area contributed by atoms with Crippen LogP contribution >= 0.6 is 0 Å². The molecule has 0 fully saturated rings. The first kappa shape index (κ1) is 32.4. The van der Waals surface area contributed by atoms with Crippen molar-refractivity contribution in [3.05, 3.63) is 52.1 Å². The maximum absolute atomic E-state index is 12.6. The van der Waals surface area contributed by atoms with Crippen molar-refractivity contribution in [2.75, 3.05) is 37.4 Å². The predicted octanol–water partition coefficient (Wildman–Crippen LogP) is -1.07. The maximum Gasteiger partial charge on any atom is 0.334 e. The molecule has 0 radical (unpaired) electrons. The van der Waals surface area contributed by atoms with E-state index >= 15 is 0 Å². The van der Waals surface area contributed by atoms with E-state index < -0.39 is 41.5 Å². The van der Waals surface area contributed by atoms with E-state index in [0.717, 1.165) is 0 Å². The Bertz CT molecular complexity index is 1490. The molecule has 8 N–H and O–H groups in total. The number of nitrogens with zero attached hydrogens (tertiary/aromatic N) is 3. The number of carboxylic acid groups (broad SMARTS) is 1. The van der Waals surface area contributed by atoms with Gasteiger partial charge in [-0.25, -0.2) is 19.6 Å². The van der Waals surface area contributed by atoms with Crippen molar-refractivity contribution in [3.8, 4) is 0 Å². The summed E-state index contributed by atoms with van der Waals surface area (Å²) in [7, 11) is 0. The Kier molecular flexibility index (Phi) is 11.8. The number of nitrogens with two attached hydrogens (primary N) is 1. The van der Waals surface area contributed by atoms with Crippen LogP contribution in [0.2, 0.25) is 0 Å². The standard InChI is InChI=1S/C26H32N8O9/c1-14(35)25(41)43-11-10-42-9-8-28-19(36)7-6-18(24(39)40)32-22(37)15-2-4-16(5-3-15)29-12-17-13-30-21-20(31-17)23(38)34-26(27)33-21/h2-5,13-14,18,29,35H,6-12H2,1H3,(H,28,36)(H,32,37)(H,39,40)(H3,27,30,33,34,38). The number of aromatic nitrogens is 4. The smallest absolute Gasteiger partial charge is 0.334 e. The van der Waals surface area contributed by atoms with Crippen LogP contribution in [0.4, 0.5) is 11.6 Å². The van der Waals surface area contributed by atoms with Crippen LogP contribution in [0.1, 0.15) is 35.8 Å². The number of aliphatic hydroxyl groups is 1. The minimum Gasteiger partial charge on any atom is -0.480 e. The number of rotatable bonds is 16. The summed E-state index contributed by atoms with van der Waals surface area (Å²) in [5.74, 6) is -3.17. The zero-order valence-corrected chi connectivity index (χ0v) is 23.2. The number of carbonyl (C=O) groups excluding carboxylic acids is 3. The number of hydrogen-bond donors (Lipinski definition) is 7. The number of aliphatic hydroxyl groups excluding tert-OH is 1. The van der Waals surface area contributed by atoms with Gasteiger partial charge in [-0.3, -0.25) is 19.4 Å². The molecule has 17 nitrogen and oxygen atoms in total. The van der Waals surface area contributed by atoms with E-state index in [2.05, 4.69) is 35.9 Å². The number of carbonyl (C=O) groups is 4. The van der Waals surface area contributed by atoms with E-state index in [1.54, 1.807) is 12.1 Å². The number of aromatic amines is 1. The molecule has 0 bridgehead atoms. The lowest BCUT2D eigenvalue weighted by Gasteiger charge is -2.15. The Labute approximate surface area is 244 Å². The van der Waals surface area contributed by atoms with Gasteiger partial charge in [-0.2, -0.15) is 4.98 Å². The number of benzene rings is 1. The number of H-pyrrole nitrogens is 1. The molecule has 43 heavy (non-hydrogen) atoms. The number of ether oxygens (including phenoxy) is 2. The van der Waals surface area contributed by atoms with Crippen molar-refractivity contribution in [1.82, 2.24) is 30.6 Å². The number of aliphatic carboxylic acids is 1. The molecule has 0 aliphatic heterocycles. The van der Waals surface area contributed by atoms with E-state index in [-0.39, 0.29) is 68.4 Å². The summed E-state index contributed by atoms with van der Waals surface area (Å²) in [5.41, 5.74) is 6.46. The zero-order chi connectivity index (χ0) is 31.4. The second-order valence-electron chi connectivity index (χ2n) is 9.12. The summed E-state index contributed by atoms with van der Waals surface area (Å²) in [6.45, 7) is 1.80. The molecular formula is C26H32N8O9. The van der Waals surface area contributed by atoms with Gasteiger partial charge in [-0.15, -0.1) is 0 Å². The fraction of sp³-hybridized carbons (Fsp3) is 0.385. The Morgan fingerprint density at radius 2 is 1.84 bits per heavy atom. The van der Waals surface area contributed by atoms with Crippen LogP contribution in [-0.4, -0.2) is 92.4 Å². The highest BCUT2D eigenvalue weighted by Crippen LogP contribution is 2.12. The number of hydrogen-bond acceptors (Lipinski definition) is 13. The fourth-order valence-corrected chi connectivity index (χ4v) is 3.54. The van der Waals surface area contributed by atoms with Gasteiger partial charge in [0, 0.05) is 24.2 Å². The summed E-state index contributed by atoms with van der Waals surface area (Å²) in [6, 6.07) is 4.92. The summed E-state index contributed by atoms with van der Waals surface area (Å²) in [5, 5.41) is 26.6. The fourth-order valence-electron chi connectivity index (χ4n) is 3.54. The molecule has 1 aromatic carbocycles. The first-order valence-corrected chi connectivity index (χ1v) is 13.1. The molecule has 2 atom stereocenters. The van der Waals surface area contributed by atoms with Gasteiger partial charge in [0.1, 0.15) is 18.8 Å². The van der Waals surface area contributed by atoms with Crippen LogP contribution in [0.5, 0.6) is 0 Å². The number of esters is 1. The number of fused-ring (bicyclic) bond motifs is 1. The monoisotopic (exact) mass is 600 g/mol. The first-order valence-electron chi connectivity index (χ1n) is 13.1. The summed E-state index contributed by atoms with van der Waals surface area (Å²) in [6.07, 6.45) is -0.0637. The molecule has 17 heteroatoms. The topological polar surface area (TPSA) is 261 Å². The molecule has 0 saturated heterocycles. The van der Waals surface area contributed by atoms with Crippen molar-refractivity contribution in [1.29, 1.82) is 0 Å². The lowest BCUT2D eigenvalue weighted by molar-refractivity contribution is -0.154. The van der Waals surface area contributed by atoms with E-state index in [1.807, 2.05) is 0 Å². The van der Waals surface area contributed by atoms with E-state index in [4.69, 9.17) is 20.3 Å². The van der Waals surface area contributed by atoms with Gasteiger partial charge < -0.3 is 41.4 Å². The number of amides is 2. The highest BCUT2D eigenvalue weighted by Gasteiger charge is 2.22. The minimum atomic E-state index is -1.30. The Hall–Kier alpha value is -5.16. The van der Waals surface area contributed by atoms with Crippen molar-refractivity contribution in [2.24, 2.45) is 0 Å². The van der Waals surface area contributed by atoms with Crippen molar-refractivity contribution in [3.63, 3.8) is 0 Å². The van der Waals surface area contributed by atoms with E-state index in [0.29, 0.717) is 11.4 Å². The lowest BCUT2D eigenvalue weighted by atomic mass is 10.1. The van der Waals surface area contributed by atoms with Crippen LogP contribution in [0.15, 0.2) is 35.3 Å². The third kappa shape index (κ3) is 10.3. The van der Waals surface area contributed by atoms with Crippen molar-refractivity contribution in [2.45, 2.75) is 38.5 Å². The lowest BCUT2D eigenvalue weighted by Crippen LogP contribution is -2.41. The molecule has 2 unspecified atom stereocenters. The molecular weight excluding hydrogens is 568 g/mol. The number of anilines is 2. The largest absolute Gasteiger partial charge is 0.480 e. The summed E-state index contributed by atoms with van der Waals surface area (Å²) in [4.78, 5) is 74.1. The van der Waals surface area contributed by atoms with Gasteiger partial charge >= 0.3 is 11.9 Å². The Morgan fingerprint density at radius 1 is 1.09 bits per heavy atom. The number of nitrogen functional groups attached to an aromatic ring is 1. The number of nitrogens with one attached hydrogen (secondary N) is 4. The van der Waals surface area contributed by atoms with Crippen molar-refractivity contribution >= 4 is 46.6 Å². The molecule has 230 valence electrons. The molecule has 0 aliphatic carbocycles. The second-order valence-corrected chi connectivity index (χ2v) is 9.12. The average Bonchev–Trinajstić information content (AvgIpc) is 2.97. The summed E-state index contributed by atoms with van der Waals surface area (Å²) < 4.78 is 9.92. The quantitative estimate of drug-likeness (QED) is 0.0763. The van der Waals surface area contributed by atoms with Gasteiger partial charge in [0.2, 0.25) is 11.9 Å². The molecule has 3 aromatic rings. The predicted molar refractivity (Wildman–Crippen MR) is 151 cm³/mol. The van der Waals surface area contributed by atoms with Crippen LogP contribution in [0, 0.1) is 0 Å². The zero-order valence-electron chi connectivity index (χ0n) is 23.2. The Morgan fingerprint density at radius 3 is 2.53 bits per heavy atom. The molecule has 3 rings (SSSR count).